The number of likely N-dealkylation sites (tertiary alicyclic amines) is 1. The summed E-state index contributed by atoms with van der Waals surface area (Å²) in [6, 6.07) is 7.26. The van der Waals surface area contributed by atoms with E-state index in [1.807, 2.05) is 12.3 Å². The molecule has 3 aliphatic rings. The van der Waals surface area contributed by atoms with Gasteiger partial charge in [-0.3, -0.25) is 4.90 Å². The van der Waals surface area contributed by atoms with Crippen LogP contribution in [0.15, 0.2) is 30.5 Å². The number of hydroxylamine groups is 2. The van der Waals surface area contributed by atoms with Crippen LogP contribution in [0.4, 0.5) is 15.0 Å². The Kier molecular flexibility index (Phi) is 6.81. The predicted molar refractivity (Wildman–Crippen MR) is 156 cm³/mol. The summed E-state index contributed by atoms with van der Waals surface area (Å²) in [6.07, 6.45) is 3.53. The molecule has 216 valence electrons. The summed E-state index contributed by atoms with van der Waals surface area (Å²) in [7, 11) is 3.39. The van der Waals surface area contributed by atoms with Gasteiger partial charge in [-0.05, 0) is 42.5 Å². The third-order valence-electron chi connectivity index (χ3n) is 8.48. The molecule has 4 aromatic rings. The first kappa shape index (κ1) is 26.6. The lowest BCUT2D eigenvalue weighted by molar-refractivity contribution is -0.160. The van der Waals surface area contributed by atoms with E-state index < -0.39 is 0 Å². The Morgan fingerprint density at radius 1 is 1.15 bits per heavy atom. The van der Waals surface area contributed by atoms with Crippen LogP contribution in [0.2, 0.25) is 0 Å². The van der Waals surface area contributed by atoms with E-state index in [0.717, 1.165) is 85.6 Å². The molecule has 0 atom stereocenters. The van der Waals surface area contributed by atoms with Gasteiger partial charge in [0.1, 0.15) is 5.82 Å². The standard InChI is InChI=1S/C29H34FN7O3S/c1-34(2)28(38)40-37-9-6-29(7-10-37)17-35(18-29)16-19-15-23-25(41-19)27(36-11-13-39-14-12-36)33-26(32-23)24-20-5-8-31-22(20)4-3-21(24)30/h3-5,8,15,31H,6-7,9-14,16-18H2,1-2H3. The maximum atomic E-state index is 15.2. The molecule has 1 N–H and O–H groups in total. The highest BCUT2D eigenvalue weighted by molar-refractivity contribution is 7.19. The number of thiophene rings is 1. The van der Waals surface area contributed by atoms with Crippen molar-refractivity contribution in [2.24, 2.45) is 5.41 Å². The SMILES string of the molecule is CN(C)C(=O)ON1CCC2(CC1)CN(Cc1cc3nc(-c4c(F)ccc5[nH]ccc45)nc(N4CCOCC4)c3s1)C2. The van der Waals surface area contributed by atoms with Gasteiger partial charge in [0, 0.05) is 81.9 Å². The van der Waals surface area contributed by atoms with Crippen molar-refractivity contribution in [2.75, 3.05) is 71.5 Å². The van der Waals surface area contributed by atoms with Crippen LogP contribution in [0, 0.1) is 11.2 Å². The zero-order valence-electron chi connectivity index (χ0n) is 23.4. The molecule has 7 rings (SSSR count). The van der Waals surface area contributed by atoms with Gasteiger partial charge in [-0.15, -0.1) is 16.4 Å². The molecule has 3 aliphatic heterocycles. The number of carbonyl (C=O) groups excluding carboxylic acids is 1. The molecule has 0 aliphatic carbocycles. The van der Waals surface area contributed by atoms with Gasteiger partial charge in [0.25, 0.3) is 0 Å². The summed E-state index contributed by atoms with van der Waals surface area (Å²) >= 11 is 1.73. The van der Waals surface area contributed by atoms with Crippen LogP contribution >= 0.6 is 11.3 Å². The van der Waals surface area contributed by atoms with Crippen LogP contribution in [0.3, 0.4) is 0 Å². The van der Waals surface area contributed by atoms with E-state index in [1.165, 1.54) is 15.8 Å². The molecule has 3 aromatic heterocycles. The van der Waals surface area contributed by atoms with Crippen molar-refractivity contribution in [3.05, 3.63) is 41.2 Å². The highest BCUT2D eigenvalue weighted by atomic mass is 32.1. The number of H-pyrrole nitrogens is 1. The number of hydrogen-bond donors (Lipinski definition) is 1. The molecule has 41 heavy (non-hydrogen) atoms. The number of morpholine rings is 1. The van der Waals surface area contributed by atoms with Crippen molar-refractivity contribution in [1.82, 2.24) is 29.8 Å². The van der Waals surface area contributed by atoms with Crippen molar-refractivity contribution in [3.63, 3.8) is 0 Å². The zero-order chi connectivity index (χ0) is 28.1. The number of aromatic amines is 1. The molecule has 1 aromatic carbocycles. The number of amides is 1. The van der Waals surface area contributed by atoms with Gasteiger partial charge in [0.2, 0.25) is 0 Å². The molecule has 10 nitrogen and oxygen atoms in total. The fraction of sp³-hybridized carbons (Fsp3) is 0.483. The second kappa shape index (κ2) is 10.5. The van der Waals surface area contributed by atoms with Crippen molar-refractivity contribution in [1.29, 1.82) is 0 Å². The number of fused-ring (bicyclic) bond motifs is 2. The van der Waals surface area contributed by atoms with Crippen LogP contribution in [-0.4, -0.2) is 102 Å². The van der Waals surface area contributed by atoms with Gasteiger partial charge >= 0.3 is 6.09 Å². The second-order valence-electron chi connectivity index (χ2n) is 11.6. The van der Waals surface area contributed by atoms with Crippen LogP contribution in [0.5, 0.6) is 0 Å². The number of ether oxygens (including phenoxy) is 1. The minimum absolute atomic E-state index is 0.288. The number of rotatable bonds is 5. The van der Waals surface area contributed by atoms with E-state index in [0.29, 0.717) is 24.6 Å². The van der Waals surface area contributed by atoms with Gasteiger partial charge < -0.3 is 24.4 Å². The number of piperidine rings is 1. The number of aromatic nitrogens is 3. The van der Waals surface area contributed by atoms with Gasteiger partial charge in [-0.1, -0.05) is 0 Å². The fourth-order valence-corrected chi connectivity index (χ4v) is 7.43. The molecule has 0 saturated carbocycles. The molecule has 1 amide bonds. The Labute approximate surface area is 241 Å². The Morgan fingerprint density at radius 2 is 1.93 bits per heavy atom. The Balaban J connectivity index is 1.12. The van der Waals surface area contributed by atoms with Crippen molar-refractivity contribution in [3.8, 4) is 11.4 Å². The second-order valence-corrected chi connectivity index (χ2v) is 12.7. The van der Waals surface area contributed by atoms with Gasteiger partial charge in [-0.25, -0.2) is 19.2 Å². The smallest absolute Gasteiger partial charge is 0.378 e. The largest absolute Gasteiger partial charge is 0.428 e. The van der Waals surface area contributed by atoms with Gasteiger partial charge in [0.05, 0.1) is 29.0 Å². The maximum Gasteiger partial charge on any atom is 0.428 e. The van der Waals surface area contributed by atoms with Crippen LogP contribution in [-0.2, 0) is 16.1 Å². The molecule has 1 spiro atoms. The Bertz CT molecular complexity index is 1580. The summed E-state index contributed by atoms with van der Waals surface area (Å²) < 4.78 is 21.9. The Morgan fingerprint density at radius 3 is 2.68 bits per heavy atom. The summed E-state index contributed by atoms with van der Waals surface area (Å²) in [5.74, 6) is 0.945. The zero-order valence-corrected chi connectivity index (χ0v) is 24.2. The lowest BCUT2D eigenvalue weighted by atomic mass is 9.72. The predicted octanol–water partition coefficient (Wildman–Crippen LogP) is 4.33. The van der Waals surface area contributed by atoms with E-state index in [-0.39, 0.29) is 17.3 Å². The molecule has 0 unspecified atom stereocenters. The molecular weight excluding hydrogens is 545 g/mol. The summed E-state index contributed by atoms with van der Waals surface area (Å²) in [4.78, 5) is 37.8. The first-order chi connectivity index (χ1) is 19.9. The van der Waals surface area contributed by atoms with E-state index >= 15 is 4.39 Å². The Hall–Kier alpha value is -3.32. The van der Waals surface area contributed by atoms with Crippen molar-refractivity contribution >= 4 is 44.4 Å². The highest BCUT2D eigenvalue weighted by Crippen LogP contribution is 2.43. The third-order valence-corrected chi connectivity index (χ3v) is 9.58. The third kappa shape index (κ3) is 5.03. The first-order valence-electron chi connectivity index (χ1n) is 14.1. The van der Waals surface area contributed by atoms with Crippen molar-refractivity contribution < 1.29 is 18.8 Å². The lowest BCUT2D eigenvalue weighted by Crippen LogP contribution is -2.59. The van der Waals surface area contributed by atoms with E-state index in [4.69, 9.17) is 19.5 Å². The van der Waals surface area contributed by atoms with Crippen LogP contribution in [0.1, 0.15) is 17.7 Å². The summed E-state index contributed by atoms with van der Waals surface area (Å²) in [6.45, 7) is 7.21. The first-order valence-corrected chi connectivity index (χ1v) is 14.9. The highest BCUT2D eigenvalue weighted by Gasteiger charge is 2.45. The minimum atomic E-state index is -0.326. The number of carbonyl (C=O) groups is 1. The molecule has 3 fully saturated rings. The van der Waals surface area contributed by atoms with E-state index in [2.05, 4.69) is 20.9 Å². The lowest BCUT2D eigenvalue weighted by Gasteiger charge is -2.53. The van der Waals surface area contributed by atoms with E-state index in [9.17, 15) is 4.79 Å². The van der Waals surface area contributed by atoms with Gasteiger partial charge in [-0.2, -0.15) is 0 Å². The molecule has 12 heteroatoms. The average Bonchev–Trinajstić information content (AvgIpc) is 3.60. The van der Waals surface area contributed by atoms with E-state index in [1.54, 1.807) is 36.6 Å². The van der Waals surface area contributed by atoms with Crippen molar-refractivity contribution in [2.45, 2.75) is 19.4 Å². The van der Waals surface area contributed by atoms with Gasteiger partial charge in [0.15, 0.2) is 11.6 Å². The fourth-order valence-electron chi connectivity index (χ4n) is 6.27. The normalized spacial score (nSPS) is 19.6. The number of halogens is 1. The average molecular weight is 580 g/mol. The maximum absolute atomic E-state index is 15.2. The summed E-state index contributed by atoms with van der Waals surface area (Å²) in [5.41, 5.74) is 2.43. The molecule has 3 saturated heterocycles. The number of anilines is 1. The minimum Gasteiger partial charge on any atom is -0.378 e. The molecular formula is C29H34FN7O3S. The molecule has 0 bridgehead atoms. The number of benzene rings is 1. The number of nitrogens with one attached hydrogen (secondary N) is 1. The van der Waals surface area contributed by atoms with Crippen LogP contribution in [0.25, 0.3) is 32.5 Å². The number of nitrogens with zero attached hydrogens (tertiary/aromatic N) is 6. The quantitative estimate of drug-likeness (QED) is 0.374. The molecule has 0 radical (unpaired) electrons. The topological polar surface area (TPSA) is 90.1 Å². The monoisotopic (exact) mass is 579 g/mol. The summed E-state index contributed by atoms with van der Waals surface area (Å²) in [5, 5.41) is 2.57. The van der Waals surface area contributed by atoms with Crippen LogP contribution < -0.4 is 4.90 Å². The number of hydrogen-bond acceptors (Lipinski definition) is 9. The molecule has 6 heterocycles.